The third kappa shape index (κ3) is 4.27. The van der Waals surface area contributed by atoms with Crippen LogP contribution in [0.15, 0.2) is 42.5 Å². The molecule has 0 aliphatic carbocycles. The highest BCUT2D eigenvalue weighted by Gasteiger charge is 2.14. The minimum atomic E-state index is -0.642. The van der Waals surface area contributed by atoms with Crippen LogP contribution in [0, 0.1) is 10.1 Å². The molecule has 6 nitrogen and oxygen atoms in total. The van der Waals surface area contributed by atoms with Gasteiger partial charge in [0.25, 0.3) is 5.69 Å². The maximum atomic E-state index is 11.5. The number of carbonyl (C=O) groups is 1. The zero-order valence-electron chi connectivity index (χ0n) is 10.5. The second-order valence-corrected chi connectivity index (χ2v) is 3.40. The predicted octanol–water partition coefficient (Wildman–Crippen LogP) is 2.64. The number of hydrogen-bond donors (Lipinski definition) is 0. The maximum absolute atomic E-state index is 11.5. The minimum Gasteiger partial charge on any atom is -0.493 e. The Hall–Kier alpha value is -2.63. The van der Waals surface area contributed by atoms with Crippen LogP contribution in [0.3, 0.4) is 0 Å². The number of nitro groups is 1. The molecule has 0 unspecified atom stereocenters. The van der Waals surface area contributed by atoms with Crippen LogP contribution in [-0.4, -0.2) is 18.0 Å². The molecular weight excluding hydrogens is 250 g/mol. The van der Waals surface area contributed by atoms with E-state index in [2.05, 4.69) is 0 Å². The fraction of sp³-hybridized carbons (Fsp3) is 0.154. The third-order valence-corrected chi connectivity index (χ3v) is 2.10. The van der Waals surface area contributed by atoms with Crippen LogP contribution in [0.5, 0.6) is 11.5 Å². The fourth-order valence-corrected chi connectivity index (χ4v) is 1.25. The van der Waals surface area contributed by atoms with E-state index in [9.17, 15) is 14.9 Å². The molecule has 0 aliphatic heterocycles. The van der Waals surface area contributed by atoms with Crippen molar-refractivity contribution in [3.8, 4) is 11.5 Å². The van der Waals surface area contributed by atoms with Crippen molar-refractivity contribution in [3.63, 3.8) is 0 Å². The van der Waals surface area contributed by atoms with Gasteiger partial charge in [0.15, 0.2) is 11.5 Å². The Labute approximate surface area is 110 Å². The average Bonchev–Trinajstić information content (AvgIpc) is 2.38. The van der Waals surface area contributed by atoms with Gasteiger partial charge in [0.1, 0.15) is 0 Å². The van der Waals surface area contributed by atoms with Gasteiger partial charge in [-0.1, -0.05) is 18.2 Å². The van der Waals surface area contributed by atoms with Crippen LogP contribution < -0.4 is 9.47 Å². The van der Waals surface area contributed by atoms with Gasteiger partial charge >= 0.3 is 5.97 Å². The molecule has 0 aliphatic rings. The molecule has 1 aromatic carbocycles. The summed E-state index contributed by atoms with van der Waals surface area (Å²) in [5.74, 6) is -0.387. The minimum absolute atomic E-state index is 0.00632. The second kappa shape index (κ2) is 6.95. The Morgan fingerprint density at radius 2 is 2.05 bits per heavy atom. The number of methoxy groups -OCH3 is 1. The van der Waals surface area contributed by atoms with Gasteiger partial charge in [0.2, 0.25) is 0 Å². The number of allylic oxidation sites excluding steroid dienone is 3. The van der Waals surface area contributed by atoms with Crippen LogP contribution in [0.1, 0.15) is 6.92 Å². The molecule has 6 heteroatoms. The number of benzene rings is 1. The number of hydrogen-bond acceptors (Lipinski definition) is 5. The molecule has 0 saturated carbocycles. The van der Waals surface area contributed by atoms with Crippen LogP contribution in [0.4, 0.5) is 5.69 Å². The van der Waals surface area contributed by atoms with Gasteiger partial charge in [-0.25, -0.2) is 4.79 Å². The molecular formula is C13H13NO5. The van der Waals surface area contributed by atoms with Crippen molar-refractivity contribution >= 4 is 11.7 Å². The number of esters is 1. The number of carbonyl (C=O) groups excluding carboxylic acids is 1. The van der Waals surface area contributed by atoms with Gasteiger partial charge in [0, 0.05) is 12.1 Å². The smallest absolute Gasteiger partial charge is 0.336 e. The molecule has 1 rings (SSSR count). The van der Waals surface area contributed by atoms with Gasteiger partial charge in [-0.2, -0.15) is 0 Å². The monoisotopic (exact) mass is 263 g/mol. The van der Waals surface area contributed by atoms with Crippen LogP contribution >= 0.6 is 0 Å². The van der Waals surface area contributed by atoms with Gasteiger partial charge in [0.05, 0.1) is 18.1 Å². The van der Waals surface area contributed by atoms with E-state index < -0.39 is 10.9 Å². The van der Waals surface area contributed by atoms with Crippen molar-refractivity contribution in [2.75, 3.05) is 7.11 Å². The standard InChI is InChI=1S/C13H13NO5/c1-3-4-5-6-13(15)19-12-9-10(14(16)17)7-8-11(12)18-2/h3-9H,1-2H3/b4-3+,6-5+. The normalized spacial score (nSPS) is 10.8. The van der Waals surface area contributed by atoms with Gasteiger partial charge in [-0.15, -0.1) is 0 Å². The molecule has 0 radical (unpaired) electrons. The topological polar surface area (TPSA) is 78.7 Å². The number of rotatable bonds is 5. The highest BCUT2D eigenvalue weighted by Crippen LogP contribution is 2.31. The first kappa shape index (κ1) is 14.4. The molecule has 0 spiro atoms. The second-order valence-electron chi connectivity index (χ2n) is 3.40. The van der Waals surface area contributed by atoms with Crippen molar-refractivity contribution in [3.05, 3.63) is 52.6 Å². The number of nitro benzene ring substituents is 1. The molecule has 0 fully saturated rings. The highest BCUT2D eigenvalue weighted by molar-refractivity contribution is 5.85. The zero-order valence-corrected chi connectivity index (χ0v) is 10.5. The van der Waals surface area contributed by atoms with E-state index in [1.807, 2.05) is 0 Å². The summed E-state index contributed by atoms with van der Waals surface area (Å²) < 4.78 is 9.95. The van der Waals surface area contributed by atoms with Crippen molar-refractivity contribution in [2.45, 2.75) is 6.92 Å². The molecule has 100 valence electrons. The summed E-state index contributed by atoms with van der Waals surface area (Å²) >= 11 is 0. The quantitative estimate of drug-likeness (QED) is 0.204. The Kier molecular flexibility index (Phi) is 5.28. The lowest BCUT2D eigenvalue weighted by Gasteiger charge is -2.07. The highest BCUT2D eigenvalue weighted by atomic mass is 16.6. The molecule has 19 heavy (non-hydrogen) atoms. The largest absolute Gasteiger partial charge is 0.493 e. The van der Waals surface area contributed by atoms with Crippen molar-refractivity contribution in [2.24, 2.45) is 0 Å². The Balaban J connectivity index is 2.94. The first-order valence-corrected chi connectivity index (χ1v) is 5.42. The molecule has 0 atom stereocenters. The van der Waals surface area contributed by atoms with Crippen molar-refractivity contribution in [1.29, 1.82) is 0 Å². The third-order valence-electron chi connectivity index (χ3n) is 2.10. The molecule has 1 aromatic rings. The van der Waals surface area contributed by atoms with E-state index in [4.69, 9.17) is 9.47 Å². The van der Waals surface area contributed by atoms with Gasteiger partial charge in [-0.3, -0.25) is 10.1 Å². The van der Waals surface area contributed by atoms with E-state index in [1.54, 1.807) is 19.1 Å². The summed E-state index contributed by atoms with van der Waals surface area (Å²) in [6.45, 7) is 1.80. The summed E-state index contributed by atoms with van der Waals surface area (Å²) in [4.78, 5) is 21.5. The number of ether oxygens (including phenoxy) is 2. The fourth-order valence-electron chi connectivity index (χ4n) is 1.25. The number of non-ortho nitro benzene ring substituents is 1. The Bertz CT molecular complexity index is 534. The SMILES string of the molecule is C/C=C/C=C/C(=O)Oc1cc([N+](=O)[O-])ccc1OC. The van der Waals surface area contributed by atoms with E-state index in [0.717, 1.165) is 6.07 Å². The lowest BCUT2D eigenvalue weighted by atomic mass is 10.3. The first-order valence-electron chi connectivity index (χ1n) is 5.42. The molecule has 0 amide bonds. The number of nitrogens with zero attached hydrogens (tertiary/aromatic N) is 1. The molecule has 0 aromatic heterocycles. The summed E-state index contributed by atoms with van der Waals surface area (Å²) in [5, 5.41) is 10.7. The molecule has 0 N–H and O–H groups in total. The Morgan fingerprint density at radius 3 is 2.63 bits per heavy atom. The van der Waals surface area contributed by atoms with Crippen LogP contribution in [0.2, 0.25) is 0 Å². The lowest BCUT2D eigenvalue weighted by molar-refractivity contribution is -0.384. The summed E-state index contributed by atoms with van der Waals surface area (Å²) in [5.41, 5.74) is -0.180. The van der Waals surface area contributed by atoms with E-state index >= 15 is 0 Å². The summed E-state index contributed by atoms with van der Waals surface area (Å²) in [6, 6.07) is 3.78. The van der Waals surface area contributed by atoms with E-state index in [0.29, 0.717) is 0 Å². The summed E-state index contributed by atoms with van der Waals surface area (Å²) in [6.07, 6.45) is 6.12. The van der Waals surface area contributed by atoms with E-state index in [-0.39, 0.29) is 17.2 Å². The lowest BCUT2D eigenvalue weighted by Crippen LogP contribution is -2.05. The summed E-state index contributed by atoms with van der Waals surface area (Å²) in [7, 11) is 1.38. The van der Waals surface area contributed by atoms with E-state index in [1.165, 1.54) is 31.4 Å². The van der Waals surface area contributed by atoms with Crippen LogP contribution in [-0.2, 0) is 4.79 Å². The Morgan fingerprint density at radius 1 is 1.32 bits per heavy atom. The zero-order chi connectivity index (χ0) is 14.3. The maximum Gasteiger partial charge on any atom is 0.336 e. The van der Waals surface area contributed by atoms with Gasteiger partial charge in [-0.05, 0) is 13.0 Å². The molecule has 0 saturated heterocycles. The molecule has 0 bridgehead atoms. The average molecular weight is 263 g/mol. The van der Waals surface area contributed by atoms with Gasteiger partial charge < -0.3 is 9.47 Å². The molecule has 0 heterocycles. The first-order chi connectivity index (χ1) is 9.08. The predicted molar refractivity (Wildman–Crippen MR) is 69.2 cm³/mol. The van der Waals surface area contributed by atoms with Crippen molar-refractivity contribution < 1.29 is 19.2 Å². The van der Waals surface area contributed by atoms with Crippen LogP contribution in [0.25, 0.3) is 0 Å². The van der Waals surface area contributed by atoms with Crippen molar-refractivity contribution in [1.82, 2.24) is 0 Å².